The third-order valence-electron chi connectivity index (χ3n) is 5.34. The maximum Gasteiger partial charge on any atom is 0.251 e. The first-order chi connectivity index (χ1) is 16.6. The number of fused-ring (bicyclic) bond motifs is 1. The molecule has 8 heteroatoms. The molecule has 3 N–H and O–H groups in total. The average molecular weight is 453 g/mol. The molecule has 1 amide bonds. The molecule has 0 atom stereocenters. The third kappa shape index (κ3) is 4.16. The van der Waals surface area contributed by atoms with Gasteiger partial charge in [0.25, 0.3) is 5.91 Å². The van der Waals surface area contributed by atoms with Gasteiger partial charge in [-0.2, -0.15) is 5.10 Å². The number of halogens is 1. The minimum Gasteiger partial charge on any atom is -0.457 e. The number of nitrogens with one attached hydrogen (secondary N) is 1. The van der Waals surface area contributed by atoms with Crippen LogP contribution in [0.15, 0.2) is 91.3 Å². The van der Waals surface area contributed by atoms with Crippen LogP contribution in [0.2, 0.25) is 0 Å². The van der Waals surface area contributed by atoms with Gasteiger partial charge in [-0.05, 0) is 30.3 Å². The third-order valence-corrected chi connectivity index (χ3v) is 5.34. The van der Waals surface area contributed by atoms with Gasteiger partial charge in [-0.3, -0.25) is 4.79 Å². The Morgan fingerprint density at radius 2 is 1.79 bits per heavy atom. The molecular formula is C26H20FN5O2. The van der Waals surface area contributed by atoms with Crippen LogP contribution in [0.25, 0.3) is 16.8 Å². The summed E-state index contributed by atoms with van der Waals surface area (Å²) in [4.78, 5) is 16.8. The number of amides is 1. The molecule has 0 unspecified atom stereocenters. The number of nitrogens with zero attached hydrogens (tertiary/aromatic N) is 3. The number of nitrogen functional groups attached to an aromatic ring is 1. The van der Waals surface area contributed by atoms with E-state index in [0.29, 0.717) is 28.1 Å². The Bertz CT molecular complexity index is 1480. The van der Waals surface area contributed by atoms with Crippen molar-refractivity contribution in [3.05, 3.63) is 108 Å². The number of benzene rings is 3. The van der Waals surface area contributed by atoms with E-state index < -0.39 is 5.82 Å². The zero-order valence-electron chi connectivity index (χ0n) is 18.0. The molecule has 34 heavy (non-hydrogen) atoms. The molecule has 0 aliphatic heterocycles. The molecule has 0 bridgehead atoms. The Labute approximate surface area is 194 Å². The van der Waals surface area contributed by atoms with E-state index in [2.05, 4.69) is 15.4 Å². The molecule has 2 aromatic heterocycles. The minimum atomic E-state index is -0.503. The Hall–Kier alpha value is -4.72. The van der Waals surface area contributed by atoms with Crippen molar-refractivity contribution in [1.29, 1.82) is 0 Å². The quantitative estimate of drug-likeness (QED) is 0.384. The van der Waals surface area contributed by atoms with Gasteiger partial charge in [0.05, 0.1) is 0 Å². The number of aromatic nitrogens is 3. The van der Waals surface area contributed by atoms with Gasteiger partial charge in [0.1, 0.15) is 29.0 Å². The zero-order valence-corrected chi connectivity index (χ0v) is 18.0. The molecule has 0 radical (unpaired) electrons. The predicted octanol–water partition coefficient (Wildman–Crippen LogP) is 4.84. The highest BCUT2D eigenvalue weighted by Crippen LogP contribution is 2.28. The number of anilines is 1. The van der Waals surface area contributed by atoms with E-state index in [-0.39, 0.29) is 24.0 Å². The fourth-order valence-electron chi connectivity index (χ4n) is 3.69. The fraction of sp³-hybridized carbons (Fsp3) is 0.0385. The van der Waals surface area contributed by atoms with Crippen molar-refractivity contribution < 1.29 is 13.9 Å². The first-order valence-electron chi connectivity index (χ1n) is 10.6. The molecular weight excluding hydrogens is 433 g/mol. The van der Waals surface area contributed by atoms with Gasteiger partial charge in [-0.15, -0.1) is 0 Å². The normalized spacial score (nSPS) is 10.9. The lowest BCUT2D eigenvalue weighted by molar-refractivity contribution is 0.0951. The zero-order chi connectivity index (χ0) is 23.5. The van der Waals surface area contributed by atoms with Gasteiger partial charge in [0, 0.05) is 29.3 Å². The summed E-state index contributed by atoms with van der Waals surface area (Å²) in [5.74, 6) is 0.732. The molecule has 2 heterocycles. The topological polar surface area (TPSA) is 94.5 Å². The fourth-order valence-corrected chi connectivity index (χ4v) is 3.69. The van der Waals surface area contributed by atoms with Gasteiger partial charge >= 0.3 is 0 Å². The van der Waals surface area contributed by atoms with E-state index in [4.69, 9.17) is 10.5 Å². The second kappa shape index (κ2) is 9.03. The van der Waals surface area contributed by atoms with E-state index in [1.807, 2.05) is 54.6 Å². The van der Waals surface area contributed by atoms with Crippen LogP contribution in [0.5, 0.6) is 11.5 Å². The van der Waals surface area contributed by atoms with Gasteiger partial charge in [0.15, 0.2) is 11.6 Å². The monoisotopic (exact) mass is 453 g/mol. The highest BCUT2D eigenvalue weighted by molar-refractivity contribution is 5.95. The minimum absolute atomic E-state index is 0.172. The van der Waals surface area contributed by atoms with Crippen molar-refractivity contribution in [2.75, 3.05) is 5.73 Å². The van der Waals surface area contributed by atoms with Crippen molar-refractivity contribution in [2.45, 2.75) is 6.54 Å². The molecule has 7 nitrogen and oxygen atoms in total. The summed E-state index contributed by atoms with van der Waals surface area (Å²) in [5.41, 5.74) is 8.11. The Kier molecular flexibility index (Phi) is 5.61. The van der Waals surface area contributed by atoms with Crippen LogP contribution < -0.4 is 15.8 Å². The summed E-state index contributed by atoms with van der Waals surface area (Å²) >= 11 is 0. The van der Waals surface area contributed by atoms with E-state index in [1.165, 1.54) is 16.9 Å². The Balaban J connectivity index is 1.37. The van der Waals surface area contributed by atoms with Crippen molar-refractivity contribution in [3.63, 3.8) is 0 Å². The first kappa shape index (κ1) is 21.1. The molecule has 0 saturated carbocycles. The molecule has 0 saturated heterocycles. The van der Waals surface area contributed by atoms with Crippen molar-refractivity contribution in [1.82, 2.24) is 19.9 Å². The molecule has 0 aliphatic rings. The molecule has 0 fully saturated rings. The highest BCUT2D eigenvalue weighted by atomic mass is 19.1. The Morgan fingerprint density at radius 3 is 2.65 bits per heavy atom. The maximum atomic E-state index is 14.7. The average Bonchev–Trinajstić information content (AvgIpc) is 3.21. The lowest BCUT2D eigenvalue weighted by Gasteiger charge is -2.12. The number of carbonyl (C=O) groups excluding carboxylic acids is 1. The summed E-state index contributed by atoms with van der Waals surface area (Å²) in [6.07, 6.45) is 1.26. The predicted molar refractivity (Wildman–Crippen MR) is 127 cm³/mol. The van der Waals surface area contributed by atoms with Crippen LogP contribution in [-0.2, 0) is 6.54 Å². The summed E-state index contributed by atoms with van der Waals surface area (Å²) in [5, 5.41) is 7.01. The Morgan fingerprint density at radius 1 is 1.00 bits per heavy atom. The maximum absolute atomic E-state index is 14.7. The van der Waals surface area contributed by atoms with E-state index in [0.717, 1.165) is 5.56 Å². The molecule has 5 rings (SSSR count). The van der Waals surface area contributed by atoms with Crippen molar-refractivity contribution in [3.8, 4) is 22.8 Å². The highest BCUT2D eigenvalue weighted by Gasteiger charge is 2.17. The standard InChI is InChI=1S/C26H20FN5O2/c27-21-14-22-25(28)30-16-31-32(22)24(21)17-8-6-9-18(13-17)26(33)29-15-19-7-4-5-12-23(19)34-20-10-2-1-3-11-20/h1-14,16H,15H2,(H,29,33)(H2,28,30,31). The second-order valence-corrected chi connectivity index (χ2v) is 7.57. The molecule has 168 valence electrons. The van der Waals surface area contributed by atoms with Gasteiger partial charge in [0.2, 0.25) is 0 Å². The second-order valence-electron chi connectivity index (χ2n) is 7.57. The number of carbonyl (C=O) groups is 1. The van der Waals surface area contributed by atoms with E-state index in [1.54, 1.807) is 24.3 Å². The van der Waals surface area contributed by atoms with Crippen LogP contribution in [0, 0.1) is 5.82 Å². The molecule has 3 aromatic carbocycles. The first-order valence-corrected chi connectivity index (χ1v) is 10.6. The molecule has 0 spiro atoms. The van der Waals surface area contributed by atoms with E-state index >= 15 is 0 Å². The van der Waals surface area contributed by atoms with Gasteiger partial charge in [-0.25, -0.2) is 13.9 Å². The number of hydrogen-bond donors (Lipinski definition) is 2. The van der Waals surface area contributed by atoms with Crippen LogP contribution in [-0.4, -0.2) is 20.5 Å². The largest absolute Gasteiger partial charge is 0.457 e. The lowest BCUT2D eigenvalue weighted by atomic mass is 10.1. The molecule has 5 aromatic rings. The van der Waals surface area contributed by atoms with Gasteiger partial charge in [-0.1, -0.05) is 48.5 Å². The number of ether oxygens (including phenoxy) is 1. The summed E-state index contributed by atoms with van der Waals surface area (Å²) in [7, 11) is 0. The number of rotatable bonds is 6. The van der Waals surface area contributed by atoms with Crippen LogP contribution in [0.1, 0.15) is 15.9 Å². The van der Waals surface area contributed by atoms with Crippen molar-refractivity contribution >= 4 is 17.2 Å². The summed E-state index contributed by atoms with van der Waals surface area (Å²) < 4.78 is 22.1. The SMILES string of the molecule is Nc1ncnn2c(-c3cccc(C(=O)NCc4ccccc4Oc4ccccc4)c3)c(F)cc12. The number of hydrogen-bond acceptors (Lipinski definition) is 5. The lowest BCUT2D eigenvalue weighted by Crippen LogP contribution is -2.23. The summed E-state index contributed by atoms with van der Waals surface area (Å²) in [6, 6.07) is 24.9. The summed E-state index contributed by atoms with van der Waals surface area (Å²) in [6.45, 7) is 0.262. The number of nitrogens with two attached hydrogens (primary N) is 1. The van der Waals surface area contributed by atoms with Crippen LogP contribution in [0.4, 0.5) is 10.2 Å². The van der Waals surface area contributed by atoms with Crippen LogP contribution >= 0.6 is 0 Å². The molecule has 0 aliphatic carbocycles. The number of para-hydroxylation sites is 2. The van der Waals surface area contributed by atoms with E-state index in [9.17, 15) is 9.18 Å². The van der Waals surface area contributed by atoms with Crippen LogP contribution in [0.3, 0.4) is 0 Å². The smallest absolute Gasteiger partial charge is 0.251 e. The van der Waals surface area contributed by atoms with Crippen molar-refractivity contribution in [2.24, 2.45) is 0 Å². The van der Waals surface area contributed by atoms with Gasteiger partial charge < -0.3 is 15.8 Å².